The van der Waals surface area contributed by atoms with Crippen LogP contribution in [0.25, 0.3) is 5.57 Å². The Morgan fingerprint density at radius 2 is 1.57 bits per heavy atom. The predicted octanol–water partition coefficient (Wildman–Crippen LogP) is 3.79. The van der Waals surface area contributed by atoms with Crippen molar-refractivity contribution in [1.29, 1.82) is 0 Å². The molecule has 2 aliphatic rings. The maximum absolute atomic E-state index is 13.5. The van der Waals surface area contributed by atoms with Gasteiger partial charge in [-0.2, -0.15) is 0 Å². The number of carbonyl (C=O) groups excluding carboxylic acids is 2. The van der Waals surface area contributed by atoms with E-state index in [2.05, 4.69) is 11.9 Å². The minimum absolute atomic E-state index is 0.147. The molecule has 1 saturated heterocycles. The van der Waals surface area contributed by atoms with Crippen molar-refractivity contribution >= 4 is 34.7 Å². The van der Waals surface area contributed by atoms with E-state index in [0.29, 0.717) is 27.5 Å². The molecule has 2 aliphatic heterocycles. The molecule has 5 nitrogen and oxygen atoms in total. The van der Waals surface area contributed by atoms with Crippen LogP contribution in [0.4, 0.5) is 10.1 Å². The van der Waals surface area contributed by atoms with Gasteiger partial charge < -0.3 is 9.80 Å². The van der Waals surface area contributed by atoms with E-state index in [1.165, 1.54) is 17.0 Å². The van der Waals surface area contributed by atoms with Gasteiger partial charge in [-0.1, -0.05) is 23.7 Å². The molecule has 2 aromatic carbocycles. The molecule has 0 saturated carbocycles. The smallest absolute Gasteiger partial charge is 0.282 e. The largest absolute Gasteiger partial charge is 0.366 e. The van der Waals surface area contributed by atoms with E-state index in [0.717, 1.165) is 25.9 Å². The summed E-state index contributed by atoms with van der Waals surface area (Å²) in [6.07, 6.45) is 1.80. The van der Waals surface area contributed by atoms with Gasteiger partial charge in [0.05, 0.1) is 11.3 Å². The predicted molar refractivity (Wildman–Crippen MR) is 116 cm³/mol. The van der Waals surface area contributed by atoms with Crippen LogP contribution in [0, 0.1) is 5.82 Å². The summed E-state index contributed by atoms with van der Waals surface area (Å²) in [6.45, 7) is 1.86. The number of piperidine rings is 1. The highest BCUT2D eigenvalue weighted by atomic mass is 35.5. The summed E-state index contributed by atoms with van der Waals surface area (Å²) in [5.74, 6) is -1.18. The summed E-state index contributed by atoms with van der Waals surface area (Å²) in [6, 6.07) is 12.4. The van der Waals surface area contributed by atoms with E-state index in [1.54, 1.807) is 36.4 Å². The Morgan fingerprint density at radius 3 is 2.17 bits per heavy atom. The van der Waals surface area contributed by atoms with E-state index >= 15 is 0 Å². The first kappa shape index (κ1) is 20.6. The Bertz CT molecular complexity index is 996. The molecule has 2 heterocycles. The lowest BCUT2D eigenvalue weighted by Crippen LogP contribution is -2.43. The summed E-state index contributed by atoms with van der Waals surface area (Å²) < 4.78 is 13.5. The number of likely N-dealkylation sites (tertiary alicyclic amines) is 1. The first-order valence-electron chi connectivity index (χ1n) is 9.92. The lowest BCUT2D eigenvalue weighted by Gasteiger charge is -2.36. The third kappa shape index (κ3) is 3.73. The molecule has 7 heteroatoms. The molecule has 30 heavy (non-hydrogen) atoms. The highest BCUT2D eigenvalue weighted by Gasteiger charge is 2.43. The van der Waals surface area contributed by atoms with Crippen LogP contribution in [0.3, 0.4) is 0 Å². The van der Waals surface area contributed by atoms with Gasteiger partial charge in [0.15, 0.2) is 0 Å². The Morgan fingerprint density at radius 1 is 0.967 bits per heavy atom. The standard InChI is InChI=1S/C23H23ClFN3O2/c1-26-13-11-18(12-14-26)27(2)21-20(15-3-7-17(25)8-4-15)22(29)28(23(21)30)19-9-5-16(24)6-10-19/h3-10,18H,11-14H2,1-2H3. The van der Waals surface area contributed by atoms with E-state index in [4.69, 9.17) is 11.6 Å². The van der Waals surface area contributed by atoms with Crippen LogP contribution in [0.15, 0.2) is 54.2 Å². The summed E-state index contributed by atoms with van der Waals surface area (Å²) in [5.41, 5.74) is 1.65. The molecule has 0 unspecified atom stereocenters. The number of hydrogen-bond donors (Lipinski definition) is 0. The molecule has 2 amide bonds. The third-order valence-corrected chi connectivity index (χ3v) is 6.12. The summed E-state index contributed by atoms with van der Waals surface area (Å²) >= 11 is 5.98. The molecule has 0 N–H and O–H groups in total. The molecule has 2 aromatic rings. The van der Waals surface area contributed by atoms with E-state index in [-0.39, 0.29) is 11.9 Å². The zero-order valence-electron chi connectivity index (χ0n) is 16.9. The molecule has 0 radical (unpaired) electrons. The molecular formula is C23H23ClFN3O2. The zero-order chi connectivity index (χ0) is 21.4. The molecular weight excluding hydrogens is 405 g/mol. The van der Waals surface area contributed by atoms with E-state index in [1.807, 2.05) is 11.9 Å². The van der Waals surface area contributed by atoms with Crippen molar-refractivity contribution < 1.29 is 14.0 Å². The molecule has 156 valence electrons. The number of anilines is 1. The van der Waals surface area contributed by atoms with Crippen LogP contribution in [0.1, 0.15) is 18.4 Å². The van der Waals surface area contributed by atoms with Crippen molar-refractivity contribution in [2.24, 2.45) is 0 Å². The number of rotatable bonds is 4. The molecule has 0 bridgehead atoms. The third-order valence-electron chi connectivity index (χ3n) is 5.87. The maximum Gasteiger partial charge on any atom is 0.282 e. The highest BCUT2D eigenvalue weighted by Crippen LogP contribution is 2.36. The van der Waals surface area contributed by atoms with Crippen molar-refractivity contribution in [1.82, 2.24) is 9.80 Å². The quantitative estimate of drug-likeness (QED) is 0.696. The molecule has 4 rings (SSSR count). The number of hydrogen-bond acceptors (Lipinski definition) is 4. The molecule has 0 atom stereocenters. The first-order chi connectivity index (χ1) is 14.4. The van der Waals surface area contributed by atoms with Crippen LogP contribution in [-0.2, 0) is 9.59 Å². The second kappa shape index (κ2) is 8.20. The minimum atomic E-state index is -0.413. The maximum atomic E-state index is 13.5. The number of nitrogens with zero attached hydrogens (tertiary/aromatic N) is 3. The molecule has 0 aliphatic carbocycles. The van der Waals surface area contributed by atoms with Crippen LogP contribution < -0.4 is 4.90 Å². The number of carbonyl (C=O) groups is 2. The summed E-state index contributed by atoms with van der Waals surface area (Å²) in [4.78, 5) is 32.3. The van der Waals surface area contributed by atoms with Crippen LogP contribution in [-0.4, -0.2) is 54.8 Å². The van der Waals surface area contributed by atoms with E-state index in [9.17, 15) is 14.0 Å². The second-order valence-electron chi connectivity index (χ2n) is 7.80. The average molecular weight is 428 g/mol. The summed E-state index contributed by atoms with van der Waals surface area (Å²) in [7, 11) is 3.94. The Hall–Kier alpha value is -2.70. The zero-order valence-corrected chi connectivity index (χ0v) is 17.7. The van der Waals surface area contributed by atoms with Crippen molar-refractivity contribution in [2.75, 3.05) is 32.1 Å². The van der Waals surface area contributed by atoms with Gasteiger partial charge in [-0.15, -0.1) is 0 Å². The number of halogens is 2. The van der Waals surface area contributed by atoms with E-state index < -0.39 is 11.7 Å². The topological polar surface area (TPSA) is 43.9 Å². The van der Waals surface area contributed by atoms with Gasteiger partial charge in [-0.25, -0.2) is 9.29 Å². The van der Waals surface area contributed by atoms with Crippen LogP contribution in [0.2, 0.25) is 5.02 Å². The number of imide groups is 1. The highest BCUT2D eigenvalue weighted by molar-refractivity contribution is 6.45. The van der Waals surface area contributed by atoms with Gasteiger partial charge in [0.25, 0.3) is 11.8 Å². The lowest BCUT2D eigenvalue weighted by molar-refractivity contribution is -0.120. The fourth-order valence-electron chi connectivity index (χ4n) is 4.11. The Balaban J connectivity index is 1.77. The number of amides is 2. The first-order valence-corrected chi connectivity index (χ1v) is 10.3. The summed E-state index contributed by atoms with van der Waals surface area (Å²) in [5, 5.41) is 0.522. The van der Waals surface area contributed by atoms with Gasteiger partial charge in [0, 0.05) is 18.1 Å². The fourth-order valence-corrected chi connectivity index (χ4v) is 4.24. The SMILES string of the molecule is CN1CCC(N(C)C2=C(c3ccc(F)cc3)C(=O)N(c3ccc(Cl)cc3)C2=O)CC1. The fraction of sp³-hybridized carbons (Fsp3) is 0.304. The van der Waals surface area contributed by atoms with Gasteiger partial charge in [0.2, 0.25) is 0 Å². The minimum Gasteiger partial charge on any atom is -0.366 e. The number of benzene rings is 2. The van der Waals surface area contributed by atoms with Crippen molar-refractivity contribution in [3.63, 3.8) is 0 Å². The van der Waals surface area contributed by atoms with Crippen molar-refractivity contribution in [3.05, 3.63) is 70.6 Å². The Labute approximate surface area is 180 Å². The van der Waals surface area contributed by atoms with Crippen molar-refractivity contribution in [2.45, 2.75) is 18.9 Å². The molecule has 1 fully saturated rings. The monoisotopic (exact) mass is 427 g/mol. The number of likely N-dealkylation sites (N-methyl/N-ethyl adjacent to an activating group) is 1. The second-order valence-corrected chi connectivity index (χ2v) is 8.23. The normalized spacial score (nSPS) is 18.5. The average Bonchev–Trinajstić information content (AvgIpc) is 3.00. The Kier molecular flexibility index (Phi) is 5.62. The van der Waals surface area contributed by atoms with Crippen LogP contribution >= 0.6 is 11.6 Å². The van der Waals surface area contributed by atoms with Crippen LogP contribution in [0.5, 0.6) is 0 Å². The van der Waals surface area contributed by atoms with Gasteiger partial charge >= 0.3 is 0 Å². The van der Waals surface area contributed by atoms with Gasteiger partial charge in [-0.05, 0) is 74.9 Å². The molecule has 0 spiro atoms. The molecule has 0 aromatic heterocycles. The van der Waals surface area contributed by atoms with Gasteiger partial charge in [-0.3, -0.25) is 9.59 Å². The van der Waals surface area contributed by atoms with Gasteiger partial charge in [0.1, 0.15) is 11.5 Å². The lowest BCUT2D eigenvalue weighted by atomic mass is 10.00. The van der Waals surface area contributed by atoms with Crippen molar-refractivity contribution in [3.8, 4) is 0 Å².